The number of hydrogen-bond donors (Lipinski definition) is 1. The molecule has 1 aromatic heterocycles. The molecule has 2 rings (SSSR count). The highest BCUT2D eigenvalue weighted by Crippen LogP contribution is 2.42. The number of carbonyl (C=O) groups excluding carboxylic acids is 2. The normalized spacial score (nSPS) is 27.2. The first kappa shape index (κ1) is 21.8. The summed E-state index contributed by atoms with van der Waals surface area (Å²) in [6, 6.07) is 1.32. The highest BCUT2D eigenvalue weighted by Gasteiger charge is 2.58. The lowest BCUT2D eigenvalue weighted by atomic mass is 9.98. The summed E-state index contributed by atoms with van der Waals surface area (Å²) in [5.74, 6) is -2.07. The number of alkyl halides is 1. The molecule has 156 valence electrons. The maximum absolute atomic E-state index is 15.7. The zero-order valence-electron chi connectivity index (χ0n) is 16.5. The number of esters is 2. The van der Waals surface area contributed by atoms with Crippen molar-refractivity contribution >= 4 is 17.8 Å². The lowest BCUT2D eigenvalue weighted by Gasteiger charge is -2.28. The van der Waals surface area contributed by atoms with Gasteiger partial charge in [0, 0.05) is 6.20 Å². The van der Waals surface area contributed by atoms with E-state index in [4.69, 9.17) is 19.9 Å². The van der Waals surface area contributed by atoms with Crippen LogP contribution in [0, 0.1) is 11.8 Å². The van der Waals surface area contributed by atoms with Crippen molar-refractivity contribution in [2.24, 2.45) is 11.8 Å². The Morgan fingerprint density at radius 2 is 1.93 bits per heavy atom. The summed E-state index contributed by atoms with van der Waals surface area (Å²) >= 11 is 0. The van der Waals surface area contributed by atoms with E-state index in [0.29, 0.717) is 0 Å². The predicted octanol–water partition coefficient (Wildman–Crippen LogP) is 1.22. The molecule has 9 nitrogen and oxygen atoms in total. The van der Waals surface area contributed by atoms with Gasteiger partial charge in [0.05, 0.1) is 11.8 Å². The van der Waals surface area contributed by atoms with Crippen molar-refractivity contribution in [3.8, 4) is 0 Å². The molecule has 1 aromatic rings. The fourth-order valence-electron chi connectivity index (χ4n) is 2.73. The monoisotopic (exact) mass is 399 g/mol. The maximum atomic E-state index is 15.7. The molecule has 0 spiro atoms. The quantitative estimate of drug-likeness (QED) is 0.709. The summed E-state index contributed by atoms with van der Waals surface area (Å²) in [7, 11) is 0. The average Bonchev–Trinajstić information content (AvgIpc) is 2.83. The molecule has 1 saturated heterocycles. The van der Waals surface area contributed by atoms with E-state index in [1.807, 2.05) is 0 Å². The Kier molecular flexibility index (Phi) is 6.43. The number of rotatable bonds is 6. The highest BCUT2D eigenvalue weighted by molar-refractivity contribution is 5.72. The first-order valence-corrected chi connectivity index (χ1v) is 9.01. The van der Waals surface area contributed by atoms with Crippen molar-refractivity contribution in [3.63, 3.8) is 0 Å². The van der Waals surface area contributed by atoms with Gasteiger partial charge in [-0.05, 0) is 13.0 Å². The minimum atomic E-state index is -2.29. The Morgan fingerprint density at radius 3 is 2.46 bits per heavy atom. The number of carbonyl (C=O) groups is 2. The highest BCUT2D eigenvalue weighted by atomic mass is 19.1. The van der Waals surface area contributed by atoms with Crippen LogP contribution in [0.1, 0.15) is 40.8 Å². The largest absolute Gasteiger partial charge is 0.463 e. The molecule has 1 aliphatic heterocycles. The van der Waals surface area contributed by atoms with Gasteiger partial charge < -0.3 is 19.9 Å². The van der Waals surface area contributed by atoms with Gasteiger partial charge in [-0.2, -0.15) is 4.98 Å². The molecule has 4 atom stereocenters. The summed E-state index contributed by atoms with van der Waals surface area (Å²) in [5, 5.41) is 0. The van der Waals surface area contributed by atoms with Crippen LogP contribution in [-0.2, 0) is 23.8 Å². The second-order valence-electron chi connectivity index (χ2n) is 7.52. The second-order valence-corrected chi connectivity index (χ2v) is 7.52. The predicted molar refractivity (Wildman–Crippen MR) is 96.8 cm³/mol. The molecular formula is C18H26FN3O6. The molecule has 1 unspecified atom stereocenters. The van der Waals surface area contributed by atoms with Crippen molar-refractivity contribution in [2.75, 3.05) is 12.3 Å². The maximum Gasteiger partial charge on any atom is 0.351 e. The van der Waals surface area contributed by atoms with Gasteiger partial charge in [-0.15, -0.1) is 0 Å². The van der Waals surface area contributed by atoms with E-state index < -0.39 is 53.6 Å². The van der Waals surface area contributed by atoms with Crippen molar-refractivity contribution in [3.05, 3.63) is 22.7 Å². The minimum Gasteiger partial charge on any atom is -0.463 e. The molecule has 0 saturated carbocycles. The van der Waals surface area contributed by atoms with Gasteiger partial charge in [-0.25, -0.2) is 9.18 Å². The lowest BCUT2D eigenvalue weighted by Crippen LogP contribution is -2.46. The van der Waals surface area contributed by atoms with Gasteiger partial charge in [0.25, 0.3) is 0 Å². The number of halogens is 1. The second kappa shape index (κ2) is 8.26. The van der Waals surface area contributed by atoms with E-state index in [1.165, 1.54) is 12.3 Å². The Labute approximate surface area is 162 Å². The first-order chi connectivity index (χ1) is 12.9. The topological polar surface area (TPSA) is 123 Å². The molecule has 10 heteroatoms. The molecule has 2 N–H and O–H groups in total. The lowest BCUT2D eigenvalue weighted by molar-refractivity contribution is -0.165. The molecule has 0 aliphatic carbocycles. The van der Waals surface area contributed by atoms with Crippen LogP contribution in [0.15, 0.2) is 17.1 Å². The Morgan fingerprint density at radius 1 is 1.32 bits per heavy atom. The molecule has 0 radical (unpaired) electrons. The molecule has 0 bridgehead atoms. The van der Waals surface area contributed by atoms with Gasteiger partial charge in [-0.1, -0.05) is 27.7 Å². The molecule has 1 aliphatic rings. The van der Waals surface area contributed by atoms with Crippen LogP contribution in [0.5, 0.6) is 0 Å². The summed E-state index contributed by atoms with van der Waals surface area (Å²) in [4.78, 5) is 39.6. The summed E-state index contributed by atoms with van der Waals surface area (Å²) in [5.41, 5.74) is 2.36. The Hall–Kier alpha value is -2.49. The Balaban J connectivity index is 2.34. The third-order valence-corrected chi connectivity index (χ3v) is 4.36. The average molecular weight is 399 g/mol. The van der Waals surface area contributed by atoms with Crippen LogP contribution in [0.4, 0.5) is 10.2 Å². The van der Waals surface area contributed by atoms with Crippen LogP contribution >= 0.6 is 0 Å². The molecule has 28 heavy (non-hydrogen) atoms. The van der Waals surface area contributed by atoms with E-state index in [2.05, 4.69) is 4.98 Å². The fourth-order valence-corrected chi connectivity index (χ4v) is 2.73. The van der Waals surface area contributed by atoms with Crippen LogP contribution in [0.25, 0.3) is 0 Å². The van der Waals surface area contributed by atoms with Gasteiger partial charge in [0.2, 0.25) is 0 Å². The van der Waals surface area contributed by atoms with Crippen molar-refractivity contribution in [1.29, 1.82) is 0 Å². The van der Waals surface area contributed by atoms with E-state index in [1.54, 1.807) is 27.7 Å². The van der Waals surface area contributed by atoms with Crippen LogP contribution < -0.4 is 11.4 Å². The number of nitrogens with two attached hydrogens (primary N) is 1. The van der Waals surface area contributed by atoms with Gasteiger partial charge in [-0.3, -0.25) is 14.2 Å². The molecule has 1 fully saturated rings. The van der Waals surface area contributed by atoms with E-state index in [-0.39, 0.29) is 12.4 Å². The number of aromatic nitrogens is 2. The van der Waals surface area contributed by atoms with Crippen LogP contribution in [0.2, 0.25) is 0 Å². The SMILES string of the molecule is CC(C)C(=O)OC[C@H]1O[C@@H](n2ccc(N)nc2=O)[C@](C)(F)C1OC(=O)C(C)C. The van der Waals surface area contributed by atoms with Crippen molar-refractivity contribution < 1.29 is 28.2 Å². The number of nitrogens with zero attached hydrogens (tertiary/aromatic N) is 2. The number of anilines is 1. The minimum absolute atomic E-state index is 0.0231. The summed E-state index contributed by atoms with van der Waals surface area (Å²) in [6.07, 6.45) is -2.69. The summed E-state index contributed by atoms with van der Waals surface area (Å²) in [6.45, 7) is 7.33. The zero-order valence-corrected chi connectivity index (χ0v) is 16.5. The van der Waals surface area contributed by atoms with Crippen LogP contribution in [0.3, 0.4) is 0 Å². The molecule has 2 heterocycles. The zero-order chi connectivity index (χ0) is 21.2. The number of hydrogen-bond acceptors (Lipinski definition) is 8. The third kappa shape index (κ3) is 4.49. The van der Waals surface area contributed by atoms with Gasteiger partial charge in [0.1, 0.15) is 18.5 Å². The van der Waals surface area contributed by atoms with E-state index in [0.717, 1.165) is 11.5 Å². The fraction of sp³-hybridized carbons (Fsp3) is 0.667. The third-order valence-electron chi connectivity index (χ3n) is 4.36. The van der Waals surface area contributed by atoms with Crippen molar-refractivity contribution in [2.45, 2.75) is 58.7 Å². The molecule has 0 amide bonds. The smallest absolute Gasteiger partial charge is 0.351 e. The van der Waals surface area contributed by atoms with E-state index in [9.17, 15) is 14.4 Å². The number of ether oxygens (including phenoxy) is 3. The number of nitrogen functional groups attached to an aromatic ring is 1. The first-order valence-electron chi connectivity index (χ1n) is 9.01. The van der Waals surface area contributed by atoms with Crippen LogP contribution in [-0.4, -0.2) is 46.0 Å². The van der Waals surface area contributed by atoms with Crippen molar-refractivity contribution in [1.82, 2.24) is 9.55 Å². The van der Waals surface area contributed by atoms with Gasteiger partial charge in [0.15, 0.2) is 18.0 Å². The standard InChI is InChI=1S/C18H26FN3O6/c1-9(2)14(23)26-8-11-13(28-15(24)10(3)4)18(5,19)16(27-11)22-7-6-12(20)21-17(22)25/h6-7,9-11,13,16H,8H2,1-5H3,(H2,20,21,25)/t11-,13?,16-,18-/m1/s1. The summed E-state index contributed by atoms with van der Waals surface area (Å²) < 4.78 is 32.7. The van der Waals surface area contributed by atoms with Gasteiger partial charge >= 0.3 is 17.6 Å². The van der Waals surface area contributed by atoms with E-state index >= 15 is 4.39 Å². The molecule has 0 aromatic carbocycles. The Bertz CT molecular complexity index is 792. The molecular weight excluding hydrogens is 373 g/mol.